The molecule has 3 nitrogen and oxygen atoms in total. The van der Waals surface area contributed by atoms with Crippen molar-refractivity contribution in [3.63, 3.8) is 0 Å². The maximum absolute atomic E-state index is 12.5. The molecule has 3 heteroatoms. The third-order valence-corrected chi connectivity index (χ3v) is 4.64. The molecule has 4 atom stereocenters. The number of rotatable bonds is 1. The number of fused-ring (bicyclic) bond motifs is 1. The number of amides is 1. The van der Waals surface area contributed by atoms with Crippen molar-refractivity contribution in [3.8, 4) is 0 Å². The lowest BCUT2D eigenvalue weighted by molar-refractivity contribution is -0.139. The third kappa shape index (κ3) is 2.33. The smallest absolute Gasteiger partial charge is 0.226 e. The van der Waals surface area contributed by atoms with Gasteiger partial charge in [-0.25, -0.2) is 0 Å². The average Bonchev–Trinajstić information content (AvgIpc) is 2.78. The summed E-state index contributed by atoms with van der Waals surface area (Å²) in [6, 6.07) is 0. The minimum atomic E-state index is 0.242. The van der Waals surface area contributed by atoms with E-state index in [0.717, 1.165) is 45.2 Å². The van der Waals surface area contributed by atoms with Gasteiger partial charge in [-0.1, -0.05) is 12.2 Å². The van der Waals surface area contributed by atoms with Crippen molar-refractivity contribution in [2.24, 2.45) is 11.8 Å². The van der Waals surface area contributed by atoms with Crippen LogP contribution in [0, 0.1) is 11.8 Å². The first-order chi connectivity index (χ1) is 8.74. The molecule has 0 aromatic heterocycles. The minimum Gasteiger partial charge on any atom is -0.375 e. The van der Waals surface area contributed by atoms with Crippen molar-refractivity contribution >= 4 is 5.91 Å². The number of carbonyl (C=O) groups is 1. The summed E-state index contributed by atoms with van der Waals surface area (Å²) < 4.78 is 5.89. The molecule has 0 aromatic rings. The van der Waals surface area contributed by atoms with E-state index in [1.807, 2.05) is 0 Å². The number of allylic oxidation sites excluding steroid dienone is 2. The standard InChI is InChI=1S/C15H23NO2/c1-11-9-13-10-16(8-7-14(13)18-11)15(17)12-5-3-2-4-6-12/h2-3,11-14H,4-10H2,1H3/t11-,12?,13-,14+/m0/s1. The lowest BCUT2D eigenvalue weighted by atomic mass is 9.89. The van der Waals surface area contributed by atoms with Gasteiger partial charge in [0.1, 0.15) is 0 Å². The number of ether oxygens (including phenoxy) is 1. The first-order valence-electron chi connectivity index (χ1n) is 7.33. The summed E-state index contributed by atoms with van der Waals surface area (Å²) in [6.07, 6.45) is 10.4. The molecular formula is C15H23NO2. The van der Waals surface area contributed by atoms with Crippen LogP contribution in [-0.4, -0.2) is 36.1 Å². The second-order valence-electron chi connectivity index (χ2n) is 6.04. The van der Waals surface area contributed by atoms with E-state index in [1.165, 1.54) is 0 Å². The molecule has 2 heterocycles. The Morgan fingerprint density at radius 1 is 1.33 bits per heavy atom. The number of likely N-dealkylation sites (tertiary alicyclic amines) is 1. The second kappa shape index (κ2) is 5.04. The molecule has 2 aliphatic heterocycles. The van der Waals surface area contributed by atoms with E-state index in [9.17, 15) is 4.79 Å². The molecule has 0 bridgehead atoms. The van der Waals surface area contributed by atoms with Crippen LogP contribution in [0.2, 0.25) is 0 Å². The van der Waals surface area contributed by atoms with Gasteiger partial charge in [0.15, 0.2) is 0 Å². The van der Waals surface area contributed by atoms with Crippen LogP contribution in [0.5, 0.6) is 0 Å². The van der Waals surface area contributed by atoms with Crippen LogP contribution in [0.4, 0.5) is 0 Å². The monoisotopic (exact) mass is 249 g/mol. The van der Waals surface area contributed by atoms with E-state index in [1.54, 1.807) is 0 Å². The highest BCUT2D eigenvalue weighted by atomic mass is 16.5. The topological polar surface area (TPSA) is 29.5 Å². The van der Waals surface area contributed by atoms with Crippen molar-refractivity contribution in [1.29, 1.82) is 0 Å². The average molecular weight is 249 g/mol. The minimum absolute atomic E-state index is 0.242. The number of hydrogen-bond donors (Lipinski definition) is 0. The fourth-order valence-electron chi connectivity index (χ4n) is 3.67. The Balaban J connectivity index is 1.60. The molecule has 0 radical (unpaired) electrons. The molecular weight excluding hydrogens is 226 g/mol. The van der Waals surface area contributed by atoms with Crippen LogP contribution in [0.1, 0.15) is 39.0 Å². The molecule has 0 spiro atoms. The van der Waals surface area contributed by atoms with Crippen LogP contribution in [-0.2, 0) is 9.53 Å². The van der Waals surface area contributed by atoms with Crippen molar-refractivity contribution in [1.82, 2.24) is 4.90 Å². The molecule has 3 rings (SSSR count). The van der Waals surface area contributed by atoms with Gasteiger partial charge in [-0.3, -0.25) is 4.79 Å². The first kappa shape index (κ1) is 12.2. The van der Waals surface area contributed by atoms with Gasteiger partial charge in [0, 0.05) is 24.9 Å². The molecule has 0 aromatic carbocycles. The lowest BCUT2D eigenvalue weighted by Gasteiger charge is -2.36. The third-order valence-electron chi connectivity index (χ3n) is 4.64. The van der Waals surface area contributed by atoms with Crippen LogP contribution >= 0.6 is 0 Å². The zero-order valence-corrected chi connectivity index (χ0v) is 11.2. The van der Waals surface area contributed by atoms with Gasteiger partial charge in [-0.2, -0.15) is 0 Å². The second-order valence-corrected chi connectivity index (χ2v) is 6.04. The Morgan fingerprint density at radius 2 is 2.22 bits per heavy atom. The van der Waals surface area contributed by atoms with Crippen molar-refractivity contribution in [2.75, 3.05) is 13.1 Å². The Bertz CT molecular complexity index is 352. The molecule has 1 aliphatic carbocycles. The van der Waals surface area contributed by atoms with Gasteiger partial charge in [-0.15, -0.1) is 0 Å². The Morgan fingerprint density at radius 3 is 3.00 bits per heavy atom. The molecule has 2 saturated heterocycles. The molecule has 1 unspecified atom stereocenters. The summed E-state index contributed by atoms with van der Waals surface area (Å²) >= 11 is 0. The van der Waals surface area contributed by atoms with Crippen LogP contribution in [0.3, 0.4) is 0 Å². The van der Waals surface area contributed by atoms with Crippen LogP contribution < -0.4 is 0 Å². The van der Waals surface area contributed by atoms with Gasteiger partial charge < -0.3 is 9.64 Å². The van der Waals surface area contributed by atoms with E-state index < -0.39 is 0 Å². The van der Waals surface area contributed by atoms with E-state index >= 15 is 0 Å². The number of piperidine rings is 1. The van der Waals surface area contributed by atoms with Gasteiger partial charge in [0.25, 0.3) is 0 Å². The van der Waals surface area contributed by atoms with E-state index in [4.69, 9.17) is 4.74 Å². The van der Waals surface area contributed by atoms with Gasteiger partial charge in [0.2, 0.25) is 5.91 Å². The fraction of sp³-hybridized carbons (Fsp3) is 0.800. The van der Waals surface area contributed by atoms with Gasteiger partial charge in [0.05, 0.1) is 12.2 Å². The Labute approximate surface area is 109 Å². The molecule has 1 amide bonds. The van der Waals surface area contributed by atoms with Crippen molar-refractivity contribution in [2.45, 2.75) is 51.2 Å². The highest BCUT2D eigenvalue weighted by Crippen LogP contribution is 2.33. The highest BCUT2D eigenvalue weighted by molar-refractivity contribution is 5.79. The molecule has 3 aliphatic rings. The number of carbonyl (C=O) groups excluding carboxylic acids is 1. The van der Waals surface area contributed by atoms with Gasteiger partial charge in [-0.05, 0) is 39.0 Å². The normalized spacial score (nSPS) is 39.7. The van der Waals surface area contributed by atoms with Gasteiger partial charge >= 0.3 is 0 Å². The molecule has 18 heavy (non-hydrogen) atoms. The summed E-state index contributed by atoms with van der Waals surface area (Å²) in [7, 11) is 0. The van der Waals surface area contributed by atoms with Crippen LogP contribution in [0.15, 0.2) is 12.2 Å². The Kier molecular flexibility index (Phi) is 3.42. The fourth-order valence-corrected chi connectivity index (χ4v) is 3.67. The molecule has 100 valence electrons. The zero-order chi connectivity index (χ0) is 12.5. The van der Waals surface area contributed by atoms with Crippen LogP contribution in [0.25, 0.3) is 0 Å². The summed E-state index contributed by atoms with van der Waals surface area (Å²) in [5.74, 6) is 1.21. The van der Waals surface area contributed by atoms with E-state index in [-0.39, 0.29) is 5.92 Å². The first-order valence-corrected chi connectivity index (χ1v) is 7.33. The highest BCUT2D eigenvalue weighted by Gasteiger charge is 2.39. The summed E-state index contributed by atoms with van der Waals surface area (Å²) in [6.45, 7) is 3.97. The summed E-state index contributed by atoms with van der Waals surface area (Å²) in [4.78, 5) is 14.6. The summed E-state index contributed by atoms with van der Waals surface area (Å²) in [5, 5.41) is 0. The van der Waals surface area contributed by atoms with Crippen molar-refractivity contribution in [3.05, 3.63) is 12.2 Å². The molecule has 0 N–H and O–H groups in total. The SMILES string of the molecule is C[C@H]1C[C@H]2CN(C(=O)C3CC=CCC3)CC[C@H]2O1. The number of hydrogen-bond acceptors (Lipinski definition) is 2. The molecule has 0 saturated carbocycles. The molecule has 2 fully saturated rings. The maximum Gasteiger partial charge on any atom is 0.226 e. The lowest BCUT2D eigenvalue weighted by Crippen LogP contribution is -2.46. The summed E-state index contributed by atoms with van der Waals surface area (Å²) in [5.41, 5.74) is 0. The predicted molar refractivity (Wildman–Crippen MR) is 70.1 cm³/mol. The number of nitrogens with zero attached hydrogens (tertiary/aromatic N) is 1. The maximum atomic E-state index is 12.5. The predicted octanol–water partition coefficient (Wildman–Crippen LogP) is 2.37. The van der Waals surface area contributed by atoms with E-state index in [0.29, 0.717) is 24.0 Å². The quantitative estimate of drug-likeness (QED) is 0.668. The zero-order valence-electron chi connectivity index (χ0n) is 11.2. The van der Waals surface area contributed by atoms with E-state index in [2.05, 4.69) is 24.0 Å². The Hall–Kier alpha value is -0.830. The largest absolute Gasteiger partial charge is 0.375 e. The van der Waals surface area contributed by atoms with Crippen molar-refractivity contribution < 1.29 is 9.53 Å².